The van der Waals surface area contributed by atoms with Gasteiger partial charge in [0.25, 0.3) is 0 Å². The summed E-state index contributed by atoms with van der Waals surface area (Å²) in [7, 11) is -3.14. The summed E-state index contributed by atoms with van der Waals surface area (Å²) in [6, 6.07) is 5.34. The van der Waals surface area contributed by atoms with Gasteiger partial charge in [0.05, 0.1) is 16.0 Å². The molecule has 0 aliphatic rings. The highest BCUT2D eigenvalue weighted by Gasteiger charge is 2.13. The number of sulfonamides is 1. The van der Waals surface area contributed by atoms with E-state index in [0.717, 1.165) is 31.5 Å². The Balaban J connectivity index is 2.15. The van der Waals surface area contributed by atoms with E-state index in [4.69, 9.17) is 23.2 Å². The normalized spacial score (nSPS) is 11.9. The van der Waals surface area contributed by atoms with Gasteiger partial charge in [0.2, 0.25) is 10.0 Å². The van der Waals surface area contributed by atoms with Crippen molar-refractivity contribution >= 4 is 38.9 Å². The standard InChI is InChI=1S/C14H22Cl2N2O2S/c1-11(2)21(19,20)18-9-5-3-4-8-17-14-7-6-12(15)10-13(14)16/h6-7,10-11,17-18H,3-5,8-9H2,1-2H3. The minimum atomic E-state index is -3.14. The van der Waals surface area contributed by atoms with Crippen LogP contribution >= 0.6 is 23.2 Å². The van der Waals surface area contributed by atoms with Crippen molar-refractivity contribution in [3.05, 3.63) is 28.2 Å². The van der Waals surface area contributed by atoms with E-state index >= 15 is 0 Å². The van der Waals surface area contributed by atoms with Gasteiger partial charge in [-0.25, -0.2) is 13.1 Å². The fraction of sp³-hybridized carbons (Fsp3) is 0.571. The van der Waals surface area contributed by atoms with Crippen molar-refractivity contribution in [2.45, 2.75) is 38.4 Å². The predicted molar refractivity (Wildman–Crippen MR) is 90.9 cm³/mol. The topological polar surface area (TPSA) is 58.2 Å². The number of unbranched alkanes of at least 4 members (excludes halogenated alkanes) is 2. The van der Waals surface area contributed by atoms with E-state index in [2.05, 4.69) is 10.0 Å². The quantitative estimate of drug-likeness (QED) is 0.662. The van der Waals surface area contributed by atoms with E-state index in [9.17, 15) is 8.42 Å². The second kappa shape index (κ2) is 8.83. The van der Waals surface area contributed by atoms with Crippen molar-refractivity contribution in [3.63, 3.8) is 0 Å². The predicted octanol–water partition coefficient (Wildman–Crippen LogP) is 3.90. The van der Waals surface area contributed by atoms with E-state index in [1.54, 1.807) is 26.0 Å². The van der Waals surface area contributed by atoms with E-state index in [1.165, 1.54) is 0 Å². The number of benzene rings is 1. The van der Waals surface area contributed by atoms with Crippen molar-refractivity contribution < 1.29 is 8.42 Å². The highest BCUT2D eigenvalue weighted by Crippen LogP contribution is 2.25. The van der Waals surface area contributed by atoms with E-state index in [-0.39, 0.29) is 5.25 Å². The zero-order valence-corrected chi connectivity index (χ0v) is 14.7. The largest absolute Gasteiger partial charge is 0.384 e. The third kappa shape index (κ3) is 6.87. The number of anilines is 1. The van der Waals surface area contributed by atoms with Crippen LogP contribution in [0.1, 0.15) is 33.1 Å². The Morgan fingerprint density at radius 3 is 2.38 bits per heavy atom. The molecule has 0 bridgehead atoms. The molecule has 0 unspecified atom stereocenters. The fourth-order valence-corrected chi connectivity index (χ4v) is 2.90. The molecule has 1 aromatic rings. The van der Waals surface area contributed by atoms with Crippen molar-refractivity contribution in [2.24, 2.45) is 0 Å². The number of hydrogen-bond donors (Lipinski definition) is 2. The maximum absolute atomic E-state index is 11.5. The SMILES string of the molecule is CC(C)S(=O)(=O)NCCCCCNc1ccc(Cl)cc1Cl. The highest BCUT2D eigenvalue weighted by molar-refractivity contribution is 7.90. The molecule has 0 aliphatic carbocycles. The average molecular weight is 353 g/mol. The van der Waals surface area contributed by atoms with Crippen LogP contribution in [0.15, 0.2) is 18.2 Å². The van der Waals surface area contributed by atoms with Gasteiger partial charge in [-0.15, -0.1) is 0 Å². The molecule has 0 atom stereocenters. The van der Waals surface area contributed by atoms with Crippen LogP contribution in [-0.2, 0) is 10.0 Å². The van der Waals surface area contributed by atoms with Gasteiger partial charge >= 0.3 is 0 Å². The lowest BCUT2D eigenvalue weighted by molar-refractivity contribution is 0.566. The number of rotatable bonds is 9. The third-order valence-electron chi connectivity index (χ3n) is 3.02. The van der Waals surface area contributed by atoms with Gasteiger partial charge in [-0.3, -0.25) is 0 Å². The number of halogens is 2. The molecule has 4 nitrogen and oxygen atoms in total. The van der Waals surface area contributed by atoms with Crippen LogP contribution < -0.4 is 10.0 Å². The summed E-state index contributed by atoms with van der Waals surface area (Å²) in [4.78, 5) is 0. The number of hydrogen-bond acceptors (Lipinski definition) is 3. The molecule has 120 valence electrons. The van der Waals surface area contributed by atoms with Crippen molar-refractivity contribution in [3.8, 4) is 0 Å². The van der Waals surface area contributed by atoms with Crippen LogP contribution in [0.5, 0.6) is 0 Å². The molecule has 0 spiro atoms. The minimum absolute atomic E-state index is 0.383. The second-order valence-electron chi connectivity index (χ2n) is 5.10. The molecule has 2 N–H and O–H groups in total. The molecule has 0 saturated heterocycles. The fourth-order valence-electron chi connectivity index (χ4n) is 1.66. The molecule has 7 heteroatoms. The zero-order chi connectivity index (χ0) is 15.9. The van der Waals surface area contributed by atoms with Gasteiger partial charge in [-0.05, 0) is 44.9 Å². The van der Waals surface area contributed by atoms with E-state index < -0.39 is 10.0 Å². The lowest BCUT2D eigenvalue weighted by Crippen LogP contribution is -2.31. The summed E-state index contributed by atoms with van der Waals surface area (Å²) in [6.45, 7) is 4.62. The Kier molecular flexibility index (Phi) is 7.81. The Hall–Kier alpha value is -0.490. The maximum atomic E-state index is 11.5. The molecule has 0 radical (unpaired) electrons. The Morgan fingerprint density at radius 1 is 1.10 bits per heavy atom. The van der Waals surface area contributed by atoms with Gasteiger partial charge in [0.15, 0.2) is 0 Å². The molecule has 0 heterocycles. The molecule has 0 saturated carbocycles. The number of nitrogens with one attached hydrogen (secondary N) is 2. The first-order valence-corrected chi connectivity index (χ1v) is 9.30. The maximum Gasteiger partial charge on any atom is 0.213 e. The van der Waals surface area contributed by atoms with Gasteiger partial charge in [0, 0.05) is 18.1 Å². The van der Waals surface area contributed by atoms with Crippen molar-refractivity contribution in [2.75, 3.05) is 18.4 Å². The van der Waals surface area contributed by atoms with Crippen molar-refractivity contribution in [1.82, 2.24) is 4.72 Å². The van der Waals surface area contributed by atoms with Gasteiger partial charge < -0.3 is 5.32 Å². The second-order valence-corrected chi connectivity index (χ2v) is 8.26. The average Bonchev–Trinajstić information content (AvgIpc) is 2.39. The first kappa shape index (κ1) is 18.6. The first-order valence-electron chi connectivity index (χ1n) is 7.00. The lowest BCUT2D eigenvalue weighted by Gasteiger charge is -2.10. The molecule has 0 amide bonds. The molecule has 21 heavy (non-hydrogen) atoms. The van der Waals surface area contributed by atoms with Crippen LogP contribution in [0.3, 0.4) is 0 Å². The summed E-state index contributed by atoms with van der Waals surface area (Å²) >= 11 is 11.9. The van der Waals surface area contributed by atoms with Crippen LogP contribution in [0, 0.1) is 0 Å². The molecular weight excluding hydrogens is 331 g/mol. The molecule has 0 aliphatic heterocycles. The Morgan fingerprint density at radius 2 is 1.76 bits per heavy atom. The molecule has 1 aromatic carbocycles. The van der Waals surface area contributed by atoms with Gasteiger partial charge in [-0.1, -0.05) is 29.6 Å². The Bertz CT molecular complexity index is 548. The summed E-state index contributed by atoms with van der Waals surface area (Å²) < 4.78 is 25.6. The molecule has 0 aromatic heterocycles. The zero-order valence-electron chi connectivity index (χ0n) is 12.3. The first-order chi connectivity index (χ1) is 9.83. The molecular formula is C14H22Cl2N2O2S. The van der Waals surface area contributed by atoms with E-state index in [0.29, 0.717) is 16.6 Å². The highest BCUT2D eigenvalue weighted by atomic mass is 35.5. The molecule has 0 fully saturated rings. The minimum Gasteiger partial charge on any atom is -0.384 e. The van der Waals surface area contributed by atoms with Crippen LogP contribution in [0.25, 0.3) is 0 Å². The van der Waals surface area contributed by atoms with Crippen LogP contribution in [-0.4, -0.2) is 26.8 Å². The summed E-state index contributed by atoms with van der Waals surface area (Å²) in [5, 5.41) is 4.07. The smallest absolute Gasteiger partial charge is 0.213 e. The monoisotopic (exact) mass is 352 g/mol. The van der Waals surface area contributed by atoms with Crippen LogP contribution in [0.2, 0.25) is 10.0 Å². The van der Waals surface area contributed by atoms with Crippen molar-refractivity contribution in [1.29, 1.82) is 0 Å². The third-order valence-corrected chi connectivity index (χ3v) is 5.42. The summed E-state index contributed by atoms with van der Waals surface area (Å²) in [5.74, 6) is 0. The van der Waals surface area contributed by atoms with E-state index in [1.807, 2.05) is 6.07 Å². The van der Waals surface area contributed by atoms with Gasteiger partial charge in [-0.2, -0.15) is 0 Å². The lowest BCUT2D eigenvalue weighted by atomic mass is 10.2. The van der Waals surface area contributed by atoms with Crippen LogP contribution in [0.4, 0.5) is 5.69 Å². The molecule has 1 rings (SSSR count). The summed E-state index contributed by atoms with van der Waals surface area (Å²) in [6.07, 6.45) is 2.71. The summed E-state index contributed by atoms with van der Waals surface area (Å²) in [5.41, 5.74) is 0.863. The van der Waals surface area contributed by atoms with Gasteiger partial charge in [0.1, 0.15) is 0 Å². The Labute approximate surface area is 137 Å².